The van der Waals surface area contributed by atoms with Gasteiger partial charge in [0.1, 0.15) is 5.82 Å². The zero-order valence-corrected chi connectivity index (χ0v) is 21.4. The molecule has 9 heteroatoms. The third kappa shape index (κ3) is 9.76. The number of aromatic nitrogens is 1. The van der Waals surface area contributed by atoms with Gasteiger partial charge in [0.15, 0.2) is 5.96 Å². The second-order valence-corrected chi connectivity index (χ2v) is 7.55. The molecule has 0 saturated carbocycles. The van der Waals surface area contributed by atoms with Crippen LogP contribution in [0.25, 0.3) is 0 Å². The fourth-order valence-electron chi connectivity index (χ4n) is 3.32. The van der Waals surface area contributed by atoms with Gasteiger partial charge in [-0.2, -0.15) is 0 Å². The number of pyridine rings is 1. The molecule has 172 valence electrons. The van der Waals surface area contributed by atoms with E-state index >= 15 is 0 Å². The molecular formula is C21H40IN7O. The summed E-state index contributed by atoms with van der Waals surface area (Å²) in [5.41, 5.74) is 1.17. The predicted octanol–water partition coefficient (Wildman–Crippen LogP) is 1.47. The molecule has 0 amide bonds. The van der Waals surface area contributed by atoms with Crippen LogP contribution in [0.4, 0.5) is 5.82 Å². The number of hydrogen-bond acceptors (Lipinski definition) is 6. The van der Waals surface area contributed by atoms with Crippen LogP contribution in [0.3, 0.4) is 0 Å². The third-order valence-electron chi connectivity index (χ3n) is 5.10. The monoisotopic (exact) mass is 533 g/mol. The molecule has 0 aliphatic carbocycles. The lowest BCUT2D eigenvalue weighted by molar-refractivity contribution is 0.180. The van der Waals surface area contributed by atoms with Crippen LogP contribution in [-0.2, 0) is 11.3 Å². The summed E-state index contributed by atoms with van der Waals surface area (Å²) in [5.74, 6) is 1.92. The molecule has 1 aliphatic rings. The highest BCUT2D eigenvalue weighted by Gasteiger charge is 2.17. The molecule has 1 saturated heterocycles. The van der Waals surface area contributed by atoms with E-state index in [1.165, 1.54) is 5.56 Å². The van der Waals surface area contributed by atoms with E-state index in [0.717, 1.165) is 77.2 Å². The summed E-state index contributed by atoms with van der Waals surface area (Å²) in [4.78, 5) is 16.5. The van der Waals surface area contributed by atoms with Gasteiger partial charge in [-0.25, -0.2) is 9.98 Å². The minimum Gasteiger partial charge on any atom is -0.385 e. The van der Waals surface area contributed by atoms with Crippen molar-refractivity contribution >= 4 is 35.8 Å². The molecule has 2 heterocycles. The van der Waals surface area contributed by atoms with Gasteiger partial charge in [-0.1, -0.05) is 6.07 Å². The number of aliphatic imine (C=N–C) groups is 1. The van der Waals surface area contributed by atoms with Crippen molar-refractivity contribution in [2.45, 2.75) is 19.9 Å². The first-order valence-electron chi connectivity index (χ1n) is 10.7. The molecule has 0 radical (unpaired) electrons. The van der Waals surface area contributed by atoms with Crippen molar-refractivity contribution in [2.75, 3.05) is 85.1 Å². The van der Waals surface area contributed by atoms with Crippen molar-refractivity contribution in [1.82, 2.24) is 25.4 Å². The molecule has 2 N–H and O–H groups in total. The number of guanidine groups is 1. The number of methoxy groups -OCH3 is 1. The highest BCUT2D eigenvalue weighted by atomic mass is 127. The second kappa shape index (κ2) is 15.6. The molecule has 1 aromatic rings. The summed E-state index contributed by atoms with van der Waals surface area (Å²) >= 11 is 0. The van der Waals surface area contributed by atoms with Gasteiger partial charge in [0.25, 0.3) is 0 Å². The van der Waals surface area contributed by atoms with E-state index in [-0.39, 0.29) is 24.0 Å². The molecule has 1 aromatic heterocycles. The molecule has 1 aliphatic heterocycles. The number of piperazine rings is 1. The molecule has 0 spiro atoms. The van der Waals surface area contributed by atoms with Crippen molar-refractivity contribution in [1.29, 1.82) is 0 Å². The largest absolute Gasteiger partial charge is 0.385 e. The predicted molar refractivity (Wildman–Crippen MR) is 136 cm³/mol. The third-order valence-corrected chi connectivity index (χ3v) is 5.10. The van der Waals surface area contributed by atoms with E-state index in [1.807, 2.05) is 12.3 Å². The lowest BCUT2D eigenvalue weighted by Gasteiger charge is -2.34. The van der Waals surface area contributed by atoms with Crippen LogP contribution < -0.4 is 15.5 Å². The Balaban J connectivity index is 0.00000450. The number of rotatable bonds is 11. The average Bonchev–Trinajstić information content (AvgIpc) is 2.73. The van der Waals surface area contributed by atoms with Crippen molar-refractivity contribution in [3.05, 3.63) is 23.9 Å². The maximum absolute atomic E-state index is 5.12. The first kappa shape index (κ1) is 26.9. The first-order chi connectivity index (χ1) is 14.1. The Morgan fingerprint density at radius 2 is 2.00 bits per heavy atom. The number of hydrogen-bond donors (Lipinski definition) is 2. The van der Waals surface area contributed by atoms with Crippen LogP contribution in [0, 0.1) is 0 Å². The number of ether oxygens (including phenoxy) is 1. The van der Waals surface area contributed by atoms with E-state index in [0.29, 0.717) is 6.54 Å². The second-order valence-electron chi connectivity index (χ2n) is 7.55. The van der Waals surface area contributed by atoms with Crippen LogP contribution in [0.2, 0.25) is 0 Å². The van der Waals surface area contributed by atoms with E-state index in [4.69, 9.17) is 9.73 Å². The van der Waals surface area contributed by atoms with Crippen LogP contribution in [0.1, 0.15) is 18.9 Å². The SMILES string of the molecule is CCNC(=NCc1cccnc1N1CCN(C)CC1)NCCN(C)CCCOC.I. The zero-order valence-electron chi connectivity index (χ0n) is 19.1. The lowest BCUT2D eigenvalue weighted by Crippen LogP contribution is -2.45. The van der Waals surface area contributed by atoms with E-state index in [9.17, 15) is 0 Å². The van der Waals surface area contributed by atoms with Gasteiger partial charge in [0.05, 0.1) is 6.54 Å². The summed E-state index contributed by atoms with van der Waals surface area (Å²) in [5, 5.41) is 6.79. The molecular weight excluding hydrogens is 493 g/mol. The van der Waals surface area contributed by atoms with Crippen molar-refractivity contribution in [3.63, 3.8) is 0 Å². The molecule has 2 rings (SSSR count). The standard InChI is InChI=1S/C21H39N7O.HI/c1-5-22-21(24-10-12-26(2)11-7-17-29-4)25-18-19-8-6-9-23-20(19)28-15-13-27(3)14-16-28;/h6,8-9H,5,7,10-18H2,1-4H3,(H2,22,24,25);1H. The van der Waals surface area contributed by atoms with E-state index in [2.05, 4.69) is 57.4 Å². The maximum Gasteiger partial charge on any atom is 0.191 e. The lowest BCUT2D eigenvalue weighted by atomic mass is 10.2. The van der Waals surface area contributed by atoms with Gasteiger partial charge in [0, 0.05) is 77.8 Å². The Kier molecular flexibility index (Phi) is 14.0. The molecule has 0 bridgehead atoms. The number of halogens is 1. The highest BCUT2D eigenvalue weighted by molar-refractivity contribution is 14.0. The molecule has 30 heavy (non-hydrogen) atoms. The summed E-state index contributed by atoms with van der Waals surface area (Å²) < 4.78 is 5.12. The maximum atomic E-state index is 5.12. The topological polar surface area (TPSA) is 68.3 Å². The normalized spacial score (nSPS) is 15.2. The van der Waals surface area contributed by atoms with Gasteiger partial charge in [-0.15, -0.1) is 24.0 Å². The fourth-order valence-corrected chi connectivity index (χ4v) is 3.32. The van der Waals surface area contributed by atoms with Crippen LogP contribution in [0.5, 0.6) is 0 Å². The molecule has 0 aromatic carbocycles. The molecule has 0 atom stereocenters. The number of likely N-dealkylation sites (N-methyl/N-ethyl adjacent to an activating group) is 2. The van der Waals surface area contributed by atoms with Gasteiger partial charge < -0.3 is 30.1 Å². The van der Waals surface area contributed by atoms with Crippen LogP contribution in [-0.4, -0.2) is 101 Å². The van der Waals surface area contributed by atoms with Gasteiger partial charge >= 0.3 is 0 Å². The molecule has 8 nitrogen and oxygen atoms in total. The Bertz CT molecular complexity index is 609. The number of nitrogens with one attached hydrogen (secondary N) is 2. The van der Waals surface area contributed by atoms with Gasteiger partial charge in [-0.3, -0.25) is 0 Å². The summed E-state index contributed by atoms with van der Waals surface area (Å²) in [6.45, 7) is 11.4. The smallest absolute Gasteiger partial charge is 0.191 e. The highest BCUT2D eigenvalue weighted by Crippen LogP contribution is 2.19. The molecule has 1 fully saturated rings. The van der Waals surface area contributed by atoms with Gasteiger partial charge in [-0.05, 0) is 33.5 Å². The summed E-state index contributed by atoms with van der Waals surface area (Å²) in [6.07, 6.45) is 2.93. The van der Waals surface area contributed by atoms with E-state index < -0.39 is 0 Å². The summed E-state index contributed by atoms with van der Waals surface area (Å²) in [7, 11) is 6.06. The fraction of sp³-hybridized carbons (Fsp3) is 0.714. The van der Waals surface area contributed by atoms with Crippen LogP contribution >= 0.6 is 24.0 Å². The summed E-state index contributed by atoms with van der Waals surface area (Å²) in [6, 6.07) is 4.14. The minimum atomic E-state index is 0. The Labute approximate surface area is 199 Å². The van der Waals surface area contributed by atoms with Crippen molar-refractivity contribution in [2.24, 2.45) is 4.99 Å². The molecule has 0 unspecified atom stereocenters. The minimum absolute atomic E-state index is 0. The van der Waals surface area contributed by atoms with Crippen molar-refractivity contribution < 1.29 is 4.74 Å². The Morgan fingerprint density at radius 1 is 1.23 bits per heavy atom. The average molecular weight is 534 g/mol. The Morgan fingerprint density at radius 3 is 2.70 bits per heavy atom. The number of nitrogens with zero attached hydrogens (tertiary/aromatic N) is 5. The van der Waals surface area contributed by atoms with Crippen molar-refractivity contribution in [3.8, 4) is 0 Å². The zero-order chi connectivity index (χ0) is 20.9. The quantitative estimate of drug-likeness (QED) is 0.193. The van der Waals surface area contributed by atoms with E-state index in [1.54, 1.807) is 7.11 Å². The van der Waals surface area contributed by atoms with Crippen LogP contribution in [0.15, 0.2) is 23.3 Å². The number of anilines is 1. The van der Waals surface area contributed by atoms with Gasteiger partial charge in [0.2, 0.25) is 0 Å². The Hall–Kier alpha value is -1.17. The first-order valence-corrected chi connectivity index (χ1v) is 10.7.